The number of rotatable bonds is 6. The van der Waals surface area contributed by atoms with Gasteiger partial charge in [0.2, 0.25) is 0 Å². The van der Waals surface area contributed by atoms with Gasteiger partial charge in [-0.25, -0.2) is 0 Å². The molecule has 1 N–H and O–H groups in total. The van der Waals surface area contributed by atoms with Crippen molar-refractivity contribution in [3.63, 3.8) is 0 Å². The van der Waals surface area contributed by atoms with Crippen LogP contribution in [-0.4, -0.2) is 6.54 Å². The van der Waals surface area contributed by atoms with Crippen LogP contribution in [0.5, 0.6) is 0 Å². The topological polar surface area (TPSA) is 12.0 Å². The van der Waals surface area contributed by atoms with Crippen LogP contribution in [0.25, 0.3) is 0 Å². The van der Waals surface area contributed by atoms with Crippen LogP contribution in [0, 0.1) is 11.8 Å². The van der Waals surface area contributed by atoms with Gasteiger partial charge in [-0.2, -0.15) is 0 Å². The number of halogens is 1. The van der Waals surface area contributed by atoms with E-state index in [9.17, 15) is 0 Å². The lowest BCUT2D eigenvalue weighted by Crippen LogP contribution is -2.27. The molecule has 0 amide bonds. The van der Waals surface area contributed by atoms with Gasteiger partial charge in [0.15, 0.2) is 0 Å². The van der Waals surface area contributed by atoms with Crippen molar-refractivity contribution >= 4 is 22.9 Å². The fourth-order valence-electron chi connectivity index (χ4n) is 3.08. The molecule has 1 aliphatic carbocycles. The van der Waals surface area contributed by atoms with Gasteiger partial charge in [-0.1, -0.05) is 38.3 Å². The van der Waals surface area contributed by atoms with E-state index in [0.29, 0.717) is 6.04 Å². The van der Waals surface area contributed by atoms with Crippen molar-refractivity contribution in [3.8, 4) is 0 Å². The molecule has 1 fully saturated rings. The molecule has 102 valence electrons. The minimum absolute atomic E-state index is 0.527. The van der Waals surface area contributed by atoms with Crippen molar-refractivity contribution in [2.45, 2.75) is 52.0 Å². The molecular formula is C15H24ClNS. The SMILES string of the molecule is CCCNC(c1ccc(Cl)s1)C1CCC(CC)C1. The molecule has 0 saturated heterocycles. The fourth-order valence-corrected chi connectivity index (χ4v) is 4.31. The van der Waals surface area contributed by atoms with E-state index in [2.05, 4.69) is 25.2 Å². The molecule has 0 bridgehead atoms. The van der Waals surface area contributed by atoms with Crippen molar-refractivity contribution in [1.29, 1.82) is 0 Å². The largest absolute Gasteiger partial charge is 0.309 e. The molecule has 0 radical (unpaired) electrons. The number of thiophene rings is 1. The average Bonchev–Trinajstić information content (AvgIpc) is 2.99. The third kappa shape index (κ3) is 3.49. The number of hydrogen-bond donors (Lipinski definition) is 1. The Morgan fingerprint density at radius 2 is 2.22 bits per heavy atom. The Kier molecular flexibility index (Phi) is 5.53. The number of hydrogen-bond acceptors (Lipinski definition) is 2. The van der Waals surface area contributed by atoms with E-state index in [1.807, 2.05) is 6.07 Å². The maximum Gasteiger partial charge on any atom is 0.0931 e. The second kappa shape index (κ2) is 6.93. The molecule has 1 aliphatic rings. The first-order chi connectivity index (χ1) is 8.74. The summed E-state index contributed by atoms with van der Waals surface area (Å²) in [6.07, 6.45) is 6.69. The van der Waals surface area contributed by atoms with Crippen molar-refractivity contribution < 1.29 is 0 Å². The summed E-state index contributed by atoms with van der Waals surface area (Å²) in [6, 6.07) is 4.77. The third-order valence-corrected chi connectivity index (χ3v) is 5.46. The van der Waals surface area contributed by atoms with Gasteiger partial charge in [0.25, 0.3) is 0 Å². The summed E-state index contributed by atoms with van der Waals surface area (Å²) in [5.41, 5.74) is 0. The Bertz CT molecular complexity index is 363. The van der Waals surface area contributed by atoms with Crippen LogP contribution in [0.2, 0.25) is 4.34 Å². The Hall–Kier alpha value is -0.0500. The Morgan fingerprint density at radius 1 is 1.39 bits per heavy atom. The molecule has 0 aliphatic heterocycles. The van der Waals surface area contributed by atoms with E-state index in [1.54, 1.807) is 11.3 Å². The molecule has 1 heterocycles. The second-order valence-electron chi connectivity index (χ2n) is 5.42. The van der Waals surface area contributed by atoms with Crippen LogP contribution in [0.3, 0.4) is 0 Å². The Morgan fingerprint density at radius 3 is 2.78 bits per heavy atom. The van der Waals surface area contributed by atoms with E-state index >= 15 is 0 Å². The Balaban J connectivity index is 2.05. The highest BCUT2D eigenvalue weighted by atomic mass is 35.5. The van der Waals surface area contributed by atoms with Crippen LogP contribution in [0.1, 0.15) is 56.9 Å². The van der Waals surface area contributed by atoms with E-state index in [0.717, 1.165) is 22.7 Å². The van der Waals surface area contributed by atoms with Crippen molar-refractivity contribution in [2.75, 3.05) is 6.54 Å². The van der Waals surface area contributed by atoms with Gasteiger partial charge in [0.05, 0.1) is 4.34 Å². The molecule has 3 heteroatoms. The normalized spacial score (nSPS) is 25.5. The molecule has 1 aromatic heterocycles. The van der Waals surface area contributed by atoms with Crippen LogP contribution in [0.4, 0.5) is 0 Å². The molecule has 1 nitrogen and oxygen atoms in total. The minimum atomic E-state index is 0.527. The standard InChI is InChI=1S/C15H24ClNS/c1-3-9-17-15(13-7-8-14(16)18-13)12-6-5-11(4-2)10-12/h7-8,11-12,15,17H,3-6,9-10H2,1-2H3. The smallest absolute Gasteiger partial charge is 0.0931 e. The predicted molar refractivity (Wildman–Crippen MR) is 81.5 cm³/mol. The summed E-state index contributed by atoms with van der Waals surface area (Å²) < 4.78 is 0.915. The van der Waals surface area contributed by atoms with Crippen LogP contribution < -0.4 is 5.32 Å². The van der Waals surface area contributed by atoms with Gasteiger partial charge in [0, 0.05) is 10.9 Å². The zero-order valence-corrected chi connectivity index (χ0v) is 13.0. The van der Waals surface area contributed by atoms with Crippen molar-refractivity contribution in [2.24, 2.45) is 11.8 Å². The first-order valence-corrected chi connectivity index (χ1v) is 8.42. The highest BCUT2D eigenvalue weighted by Crippen LogP contribution is 2.42. The van der Waals surface area contributed by atoms with E-state index in [4.69, 9.17) is 11.6 Å². The quantitative estimate of drug-likeness (QED) is 0.751. The minimum Gasteiger partial charge on any atom is -0.309 e. The lowest BCUT2D eigenvalue weighted by Gasteiger charge is -2.24. The highest BCUT2D eigenvalue weighted by Gasteiger charge is 2.31. The van der Waals surface area contributed by atoms with Crippen LogP contribution in [0.15, 0.2) is 12.1 Å². The summed E-state index contributed by atoms with van der Waals surface area (Å²) in [4.78, 5) is 1.43. The van der Waals surface area contributed by atoms with E-state index < -0.39 is 0 Å². The maximum atomic E-state index is 6.09. The third-order valence-electron chi connectivity index (χ3n) is 4.15. The molecule has 1 aromatic rings. The highest BCUT2D eigenvalue weighted by molar-refractivity contribution is 7.16. The molecule has 0 aromatic carbocycles. The Labute approximate surface area is 120 Å². The van der Waals surface area contributed by atoms with Crippen LogP contribution >= 0.6 is 22.9 Å². The van der Waals surface area contributed by atoms with Crippen molar-refractivity contribution in [3.05, 3.63) is 21.3 Å². The molecule has 3 unspecified atom stereocenters. The van der Waals surface area contributed by atoms with Gasteiger partial charge < -0.3 is 5.32 Å². The van der Waals surface area contributed by atoms with Crippen molar-refractivity contribution in [1.82, 2.24) is 5.32 Å². The van der Waals surface area contributed by atoms with Gasteiger partial charge in [-0.15, -0.1) is 11.3 Å². The van der Waals surface area contributed by atoms with Gasteiger partial charge in [-0.05, 0) is 49.8 Å². The lowest BCUT2D eigenvalue weighted by molar-refractivity contribution is 0.358. The van der Waals surface area contributed by atoms with E-state index in [-0.39, 0.29) is 0 Å². The molecule has 18 heavy (non-hydrogen) atoms. The van der Waals surface area contributed by atoms with Gasteiger partial charge in [0.1, 0.15) is 0 Å². The summed E-state index contributed by atoms with van der Waals surface area (Å²) in [7, 11) is 0. The zero-order chi connectivity index (χ0) is 13.0. The maximum absolute atomic E-state index is 6.09. The van der Waals surface area contributed by atoms with Gasteiger partial charge >= 0.3 is 0 Å². The molecule has 2 rings (SSSR count). The monoisotopic (exact) mass is 285 g/mol. The summed E-state index contributed by atoms with van der Waals surface area (Å²) >= 11 is 7.84. The first kappa shape index (κ1) is 14.4. The number of nitrogens with one attached hydrogen (secondary N) is 1. The zero-order valence-electron chi connectivity index (χ0n) is 11.4. The molecular weight excluding hydrogens is 262 g/mol. The molecule has 1 saturated carbocycles. The summed E-state index contributed by atoms with van der Waals surface area (Å²) in [5.74, 6) is 1.74. The molecule has 0 spiro atoms. The fraction of sp³-hybridized carbons (Fsp3) is 0.733. The first-order valence-electron chi connectivity index (χ1n) is 7.23. The summed E-state index contributed by atoms with van der Waals surface area (Å²) in [6.45, 7) is 5.66. The van der Waals surface area contributed by atoms with E-state index in [1.165, 1.54) is 37.0 Å². The van der Waals surface area contributed by atoms with Crippen LogP contribution in [-0.2, 0) is 0 Å². The lowest BCUT2D eigenvalue weighted by atomic mass is 9.94. The van der Waals surface area contributed by atoms with Gasteiger partial charge in [-0.3, -0.25) is 0 Å². The molecule has 3 atom stereocenters. The summed E-state index contributed by atoms with van der Waals surface area (Å²) in [5, 5.41) is 3.74. The average molecular weight is 286 g/mol. The predicted octanol–water partition coefficient (Wildman–Crippen LogP) is 5.27. The second-order valence-corrected chi connectivity index (χ2v) is 7.17.